The summed E-state index contributed by atoms with van der Waals surface area (Å²) in [6.07, 6.45) is 1.68. The van der Waals surface area contributed by atoms with Crippen LogP contribution in [0.25, 0.3) is 0 Å². The lowest BCUT2D eigenvalue weighted by atomic mass is 9.93. The number of rotatable bonds is 10. The fraction of sp³-hybridized carbons (Fsp3) is 0.333. The molecule has 1 aromatic heterocycles. The van der Waals surface area contributed by atoms with Gasteiger partial charge in [-0.05, 0) is 67.6 Å². The largest absolute Gasteiger partial charge is 0.496 e. The number of carboxylic acids is 1. The van der Waals surface area contributed by atoms with Gasteiger partial charge in [0.1, 0.15) is 11.6 Å². The van der Waals surface area contributed by atoms with Gasteiger partial charge in [0.05, 0.1) is 24.9 Å². The molecule has 1 N–H and O–H groups in total. The lowest BCUT2D eigenvalue weighted by Gasteiger charge is -2.25. The molecule has 1 aliphatic heterocycles. The maximum atomic E-state index is 13.9. The molecule has 8 nitrogen and oxygen atoms in total. The number of oxime groups is 1. The Bertz CT molecular complexity index is 1460. The van der Waals surface area contributed by atoms with Crippen LogP contribution in [0.3, 0.4) is 0 Å². The third-order valence-corrected chi connectivity index (χ3v) is 8.34. The van der Waals surface area contributed by atoms with Crippen LogP contribution in [-0.2, 0) is 16.0 Å². The first-order valence-electron chi connectivity index (χ1n) is 13.1. The predicted molar refractivity (Wildman–Crippen MR) is 155 cm³/mol. The number of likely N-dealkylation sites (tertiary alicyclic amines) is 1. The molecule has 11 heteroatoms. The molecule has 0 saturated carbocycles. The molecule has 1 aliphatic rings. The van der Waals surface area contributed by atoms with Crippen molar-refractivity contribution in [3.8, 4) is 11.5 Å². The maximum absolute atomic E-state index is 13.9. The van der Waals surface area contributed by atoms with Crippen molar-refractivity contribution in [2.45, 2.75) is 44.9 Å². The van der Waals surface area contributed by atoms with Crippen molar-refractivity contribution in [1.29, 1.82) is 0 Å². The second-order valence-electron chi connectivity index (χ2n) is 9.77. The van der Waals surface area contributed by atoms with Crippen molar-refractivity contribution in [2.24, 2.45) is 11.1 Å². The van der Waals surface area contributed by atoms with E-state index in [1.54, 1.807) is 35.7 Å². The van der Waals surface area contributed by atoms with E-state index in [-0.39, 0.29) is 36.1 Å². The zero-order valence-electron chi connectivity index (χ0n) is 22.6. The topological polar surface area (TPSA) is 106 Å². The summed E-state index contributed by atoms with van der Waals surface area (Å²) in [5.74, 6) is -2.28. The molecule has 2 heterocycles. The number of carboxylic acid groups (broad SMARTS) is 1. The highest BCUT2D eigenvalue weighted by atomic mass is 35.5. The summed E-state index contributed by atoms with van der Waals surface area (Å²) in [5, 5.41) is 15.5. The van der Waals surface area contributed by atoms with Crippen molar-refractivity contribution in [2.75, 3.05) is 13.7 Å². The van der Waals surface area contributed by atoms with Crippen molar-refractivity contribution in [3.63, 3.8) is 0 Å². The van der Waals surface area contributed by atoms with Crippen LogP contribution in [0.15, 0.2) is 59.1 Å². The molecule has 0 aliphatic carbocycles. The van der Waals surface area contributed by atoms with Crippen LogP contribution < -0.4 is 9.57 Å². The summed E-state index contributed by atoms with van der Waals surface area (Å²) in [7, 11) is 1.54. The molecular formula is C30H30ClFN2O6S. The summed E-state index contributed by atoms with van der Waals surface area (Å²) in [4.78, 5) is 46.3. The van der Waals surface area contributed by atoms with Crippen LogP contribution in [0.4, 0.5) is 4.39 Å². The first-order chi connectivity index (χ1) is 19.7. The minimum Gasteiger partial charge on any atom is -0.496 e. The molecule has 1 unspecified atom stereocenters. The highest BCUT2D eigenvalue weighted by Gasteiger charge is 2.35. The van der Waals surface area contributed by atoms with Crippen LogP contribution in [0.2, 0.25) is 5.02 Å². The number of nitrogens with zero attached hydrogens (tertiary/aromatic N) is 2. The highest BCUT2D eigenvalue weighted by molar-refractivity contribution is 7.10. The van der Waals surface area contributed by atoms with Gasteiger partial charge in [0.15, 0.2) is 5.75 Å². The number of hydrogen-bond acceptors (Lipinski definition) is 7. The zero-order valence-corrected chi connectivity index (χ0v) is 24.2. The normalized spacial score (nSPS) is 17.3. The van der Waals surface area contributed by atoms with Crippen LogP contribution in [0.5, 0.6) is 11.5 Å². The van der Waals surface area contributed by atoms with Gasteiger partial charge in [-0.25, -0.2) is 9.18 Å². The molecular weight excluding hydrogens is 571 g/mol. The van der Waals surface area contributed by atoms with E-state index < -0.39 is 23.6 Å². The van der Waals surface area contributed by atoms with E-state index in [9.17, 15) is 23.9 Å². The molecule has 3 aromatic rings. The minimum absolute atomic E-state index is 0.0209. The van der Waals surface area contributed by atoms with Gasteiger partial charge in [-0.1, -0.05) is 29.7 Å². The molecule has 0 spiro atoms. The summed E-state index contributed by atoms with van der Waals surface area (Å²) in [6, 6.07) is 12.3. The summed E-state index contributed by atoms with van der Waals surface area (Å²) >= 11 is 7.50. The molecule has 1 fully saturated rings. The first-order valence-corrected chi connectivity index (χ1v) is 14.4. The van der Waals surface area contributed by atoms with Crippen molar-refractivity contribution in [1.82, 2.24) is 4.90 Å². The molecule has 2 atom stereocenters. The number of ether oxygens (including phenoxy) is 1. The first kappa shape index (κ1) is 30.2. The third-order valence-electron chi connectivity index (χ3n) is 7.01. The second-order valence-corrected chi connectivity index (χ2v) is 11.2. The Morgan fingerprint density at radius 2 is 2.05 bits per heavy atom. The third kappa shape index (κ3) is 7.71. The summed E-state index contributed by atoms with van der Waals surface area (Å²) in [6.45, 7) is 1.84. The van der Waals surface area contributed by atoms with Gasteiger partial charge in [-0.2, -0.15) is 0 Å². The van der Waals surface area contributed by atoms with Gasteiger partial charge in [0.2, 0.25) is 11.8 Å². The van der Waals surface area contributed by atoms with Gasteiger partial charge in [0, 0.05) is 39.6 Å². The number of benzene rings is 2. The van der Waals surface area contributed by atoms with E-state index in [2.05, 4.69) is 5.16 Å². The predicted octanol–water partition coefficient (Wildman–Crippen LogP) is 6.57. The Labute approximate surface area is 246 Å². The van der Waals surface area contributed by atoms with Crippen LogP contribution in [-0.4, -0.2) is 47.2 Å². The molecule has 2 amide bonds. The van der Waals surface area contributed by atoms with E-state index in [1.807, 2.05) is 6.92 Å². The molecule has 2 aromatic carbocycles. The summed E-state index contributed by atoms with van der Waals surface area (Å²) < 4.78 is 19.1. The van der Waals surface area contributed by atoms with Gasteiger partial charge >= 0.3 is 5.97 Å². The van der Waals surface area contributed by atoms with Crippen LogP contribution >= 0.6 is 22.9 Å². The fourth-order valence-electron chi connectivity index (χ4n) is 4.76. The molecule has 4 rings (SSSR count). The minimum atomic E-state index is -1.03. The van der Waals surface area contributed by atoms with Crippen LogP contribution in [0, 0.1) is 11.7 Å². The Hall–Kier alpha value is -3.76. The number of methoxy groups -OCH3 is 1. The molecule has 216 valence electrons. The van der Waals surface area contributed by atoms with Gasteiger partial charge < -0.3 is 14.7 Å². The Balaban J connectivity index is 1.61. The quantitative estimate of drug-likeness (QED) is 0.264. The van der Waals surface area contributed by atoms with E-state index in [4.69, 9.17) is 21.2 Å². The van der Waals surface area contributed by atoms with Gasteiger partial charge in [-0.15, -0.1) is 11.3 Å². The Morgan fingerprint density at radius 3 is 2.73 bits per heavy atom. The highest BCUT2D eigenvalue weighted by Crippen LogP contribution is 2.32. The van der Waals surface area contributed by atoms with Gasteiger partial charge in [0.25, 0.3) is 0 Å². The molecule has 0 radical (unpaired) electrons. The van der Waals surface area contributed by atoms with Crippen LogP contribution in [0.1, 0.15) is 59.3 Å². The smallest absolute Gasteiger partial charge is 0.336 e. The number of thiophene rings is 1. The number of carbonyl (C=O) groups is 3. The van der Waals surface area contributed by atoms with E-state index >= 15 is 0 Å². The van der Waals surface area contributed by atoms with E-state index in [0.29, 0.717) is 42.2 Å². The number of carbonyl (C=O) groups excluding carboxylic acids is 2. The second kappa shape index (κ2) is 13.7. The number of imide groups is 1. The van der Waals surface area contributed by atoms with Crippen molar-refractivity contribution in [3.05, 3.63) is 80.8 Å². The molecule has 41 heavy (non-hydrogen) atoms. The average molecular weight is 601 g/mol. The fourth-order valence-corrected chi connectivity index (χ4v) is 6.02. The number of halogens is 2. The SMILES string of the molecule is CC[C@@H](CC(=O)N1C/C(=N/Oc2cccc(F)c2)CCC(Cc2cc(Cl)ccc2OC)C1=O)c1cc(C(=O)O)cs1. The lowest BCUT2D eigenvalue weighted by Crippen LogP contribution is -2.42. The van der Waals surface area contributed by atoms with E-state index in [0.717, 1.165) is 10.4 Å². The Kier molecular flexibility index (Phi) is 10.1. The zero-order chi connectivity index (χ0) is 29.5. The van der Waals surface area contributed by atoms with Crippen molar-refractivity contribution >= 4 is 46.4 Å². The van der Waals surface area contributed by atoms with Gasteiger partial charge in [-0.3, -0.25) is 14.5 Å². The monoisotopic (exact) mass is 600 g/mol. The number of hydrogen-bond donors (Lipinski definition) is 1. The van der Waals surface area contributed by atoms with E-state index in [1.165, 1.54) is 41.5 Å². The maximum Gasteiger partial charge on any atom is 0.336 e. The number of amides is 2. The molecule has 1 saturated heterocycles. The standard InChI is InChI=1S/C30H30ClFN2O6S/c1-3-18(27-13-21(17-41-27)30(37)38)14-28(35)34-16-24(33-40-25-6-4-5-23(32)15-25)9-7-19(29(34)36)11-20-12-22(31)8-10-26(20)39-2/h4-6,8,10,12-13,15,17-19H,3,7,9,11,14,16H2,1-2H3,(H,37,38)/b33-24+/t18-,19?/m0/s1. The summed E-state index contributed by atoms with van der Waals surface area (Å²) in [5.41, 5.74) is 1.38. The average Bonchev–Trinajstić information content (AvgIpc) is 3.39. The molecule has 0 bridgehead atoms. The number of aromatic carboxylic acids is 1. The Morgan fingerprint density at radius 1 is 1.24 bits per heavy atom. The van der Waals surface area contributed by atoms with Crippen molar-refractivity contribution < 1.29 is 33.5 Å². The lowest BCUT2D eigenvalue weighted by molar-refractivity contribution is -0.146.